The van der Waals surface area contributed by atoms with Gasteiger partial charge in [-0.1, -0.05) is 13.0 Å². The van der Waals surface area contributed by atoms with Gasteiger partial charge < -0.3 is 10.2 Å². The molecule has 0 unspecified atom stereocenters. The summed E-state index contributed by atoms with van der Waals surface area (Å²) in [7, 11) is -3.57. The Labute approximate surface area is 109 Å². The lowest BCUT2D eigenvalue weighted by Crippen LogP contribution is -2.30. The Hall–Kier alpha value is -0.630. The summed E-state index contributed by atoms with van der Waals surface area (Å²) in [5.74, 6) is 0.421. The monoisotopic (exact) mass is 322 g/mol. The molecule has 1 heterocycles. The number of furan rings is 1. The third-order valence-corrected chi connectivity index (χ3v) is 5.01. The van der Waals surface area contributed by atoms with Gasteiger partial charge in [0.1, 0.15) is 10.7 Å². The van der Waals surface area contributed by atoms with Gasteiger partial charge in [-0.3, -0.25) is 0 Å². The highest BCUT2D eigenvalue weighted by molar-refractivity contribution is 9.10. The first kappa shape index (κ1) is 14.4. The van der Waals surface area contributed by atoms with E-state index in [1.165, 1.54) is 10.4 Å². The summed E-state index contributed by atoms with van der Waals surface area (Å²) in [6, 6.07) is 1.44. The summed E-state index contributed by atoms with van der Waals surface area (Å²) in [6.07, 6.45) is 1.54. The van der Waals surface area contributed by atoms with Gasteiger partial charge in [0.25, 0.3) is 0 Å². The zero-order valence-electron chi connectivity index (χ0n) is 9.52. The first-order valence-corrected chi connectivity index (χ1v) is 7.30. The van der Waals surface area contributed by atoms with E-state index in [0.29, 0.717) is 12.3 Å². The van der Waals surface area contributed by atoms with Gasteiger partial charge in [-0.25, -0.2) is 8.42 Å². The highest BCUT2D eigenvalue weighted by atomic mass is 79.9. The van der Waals surface area contributed by atoms with E-state index in [-0.39, 0.29) is 22.7 Å². The topological polar surface area (TPSA) is 76.5 Å². The van der Waals surface area contributed by atoms with E-state index in [4.69, 9.17) is 10.2 Å². The molecule has 1 aromatic rings. The zero-order chi connectivity index (χ0) is 13.1. The Balaban J connectivity index is 3.19. The van der Waals surface area contributed by atoms with Crippen molar-refractivity contribution in [1.82, 2.24) is 4.31 Å². The molecule has 96 valence electrons. The number of nitrogens with two attached hydrogens (primary N) is 1. The SMILES string of the molecule is C=CCN(CC)S(=O)(=O)c1cc(CN)oc1Br. The molecule has 1 rings (SSSR count). The molecule has 1 aromatic heterocycles. The van der Waals surface area contributed by atoms with Gasteiger partial charge >= 0.3 is 0 Å². The van der Waals surface area contributed by atoms with Crippen LogP contribution < -0.4 is 5.73 Å². The summed E-state index contributed by atoms with van der Waals surface area (Å²) in [5, 5.41) is 0. The van der Waals surface area contributed by atoms with Crippen LogP contribution in [-0.2, 0) is 16.6 Å². The Bertz CT molecular complexity index is 496. The van der Waals surface area contributed by atoms with E-state index < -0.39 is 10.0 Å². The van der Waals surface area contributed by atoms with Crippen molar-refractivity contribution in [2.45, 2.75) is 18.4 Å². The van der Waals surface area contributed by atoms with Crippen LogP contribution >= 0.6 is 15.9 Å². The maximum atomic E-state index is 12.3. The molecular formula is C10H15BrN2O3S. The van der Waals surface area contributed by atoms with Crippen molar-refractivity contribution in [2.75, 3.05) is 13.1 Å². The van der Waals surface area contributed by atoms with Crippen LogP contribution in [0.15, 0.2) is 32.7 Å². The van der Waals surface area contributed by atoms with Gasteiger partial charge in [-0.05, 0) is 15.9 Å². The van der Waals surface area contributed by atoms with E-state index in [0.717, 1.165) is 0 Å². The summed E-state index contributed by atoms with van der Waals surface area (Å²) in [6.45, 7) is 6.08. The number of hydrogen-bond donors (Lipinski definition) is 1. The van der Waals surface area contributed by atoms with Crippen LogP contribution in [0.3, 0.4) is 0 Å². The van der Waals surface area contributed by atoms with Crippen LogP contribution in [0.4, 0.5) is 0 Å². The second-order valence-electron chi connectivity index (χ2n) is 3.30. The molecule has 2 N–H and O–H groups in total. The minimum Gasteiger partial charge on any atom is -0.452 e. The van der Waals surface area contributed by atoms with Crippen LogP contribution in [0.1, 0.15) is 12.7 Å². The molecule has 17 heavy (non-hydrogen) atoms. The van der Waals surface area contributed by atoms with Crippen molar-refractivity contribution < 1.29 is 12.8 Å². The molecule has 0 fully saturated rings. The fraction of sp³-hybridized carbons (Fsp3) is 0.400. The van der Waals surface area contributed by atoms with Crippen molar-refractivity contribution >= 4 is 26.0 Å². The van der Waals surface area contributed by atoms with E-state index in [1.54, 1.807) is 13.0 Å². The van der Waals surface area contributed by atoms with Crippen LogP contribution in [0.5, 0.6) is 0 Å². The third-order valence-electron chi connectivity index (χ3n) is 2.21. The number of likely N-dealkylation sites (N-methyl/N-ethyl adjacent to an activating group) is 1. The second kappa shape index (κ2) is 5.81. The summed E-state index contributed by atoms with van der Waals surface area (Å²) in [4.78, 5) is 0.0988. The normalized spacial score (nSPS) is 12.0. The fourth-order valence-corrected chi connectivity index (χ4v) is 3.74. The summed E-state index contributed by atoms with van der Waals surface area (Å²) in [5.41, 5.74) is 5.40. The molecular weight excluding hydrogens is 308 g/mol. The highest BCUT2D eigenvalue weighted by Gasteiger charge is 2.27. The highest BCUT2D eigenvalue weighted by Crippen LogP contribution is 2.28. The van der Waals surface area contributed by atoms with Gasteiger partial charge in [-0.15, -0.1) is 6.58 Å². The minimum atomic E-state index is -3.57. The predicted octanol–water partition coefficient (Wildman–Crippen LogP) is 1.70. The van der Waals surface area contributed by atoms with Crippen molar-refractivity contribution in [2.24, 2.45) is 5.73 Å². The first-order valence-electron chi connectivity index (χ1n) is 5.06. The number of rotatable bonds is 6. The average Bonchev–Trinajstić information content (AvgIpc) is 2.67. The van der Waals surface area contributed by atoms with Gasteiger partial charge in [-0.2, -0.15) is 4.31 Å². The average molecular weight is 323 g/mol. The van der Waals surface area contributed by atoms with Gasteiger partial charge in [0.05, 0.1) is 6.54 Å². The lowest BCUT2D eigenvalue weighted by atomic mass is 10.5. The molecule has 0 saturated heterocycles. The Kier molecular flexibility index (Phi) is 4.93. The quantitative estimate of drug-likeness (QED) is 0.809. The van der Waals surface area contributed by atoms with Gasteiger partial charge in [0.2, 0.25) is 10.0 Å². The number of halogens is 1. The molecule has 0 aromatic carbocycles. The number of hydrogen-bond acceptors (Lipinski definition) is 4. The molecule has 0 bridgehead atoms. The predicted molar refractivity (Wildman–Crippen MR) is 68.9 cm³/mol. The van der Waals surface area contributed by atoms with E-state index >= 15 is 0 Å². The van der Waals surface area contributed by atoms with Crippen LogP contribution in [0.2, 0.25) is 0 Å². The molecule has 7 heteroatoms. The van der Waals surface area contributed by atoms with E-state index in [2.05, 4.69) is 22.5 Å². The molecule has 0 aliphatic rings. The molecule has 0 saturated carbocycles. The van der Waals surface area contributed by atoms with Crippen LogP contribution in [0, 0.1) is 0 Å². The van der Waals surface area contributed by atoms with Crippen molar-refractivity contribution in [3.63, 3.8) is 0 Å². The van der Waals surface area contributed by atoms with E-state index in [1.807, 2.05) is 0 Å². The third kappa shape index (κ3) is 2.98. The van der Waals surface area contributed by atoms with Crippen LogP contribution in [-0.4, -0.2) is 25.8 Å². The largest absolute Gasteiger partial charge is 0.452 e. The lowest BCUT2D eigenvalue weighted by Gasteiger charge is -2.17. The fourth-order valence-electron chi connectivity index (χ4n) is 1.35. The molecule has 0 amide bonds. The van der Waals surface area contributed by atoms with E-state index in [9.17, 15) is 8.42 Å². The van der Waals surface area contributed by atoms with Crippen molar-refractivity contribution in [3.8, 4) is 0 Å². The Morgan fingerprint density at radius 2 is 2.29 bits per heavy atom. The van der Waals surface area contributed by atoms with Crippen LogP contribution in [0.25, 0.3) is 0 Å². The summed E-state index contributed by atoms with van der Waals surface area (Å²) < 4.78 is 31.2. The lowest BCUT2D eigenvalue weighted by molar-refractivity contribution is 0.452. The van der Waals surface area contributed by atoms with Gasteiger partial charge in [0, 0.05) is 19.2 Å². The number of nitrogens with zero attached hydrogens (tertiary/aromatic N) is 1. The molecule has 0 atom stereocenters. The Morgan fingerprint density at radius 3 is 2.71 bits per heavy atom. The first-order chi connectivity index (χ1) is 7.97. The standard InChI is InChI=1S/C10H15BrN2O3S/c1-3-5-13(4-2)17(14,15)9-6-8(7-12)16-10(9)11/h3,6H,1,4-5,7,12H2,2H3. The maximum absolute atomic E-state index is 12.3. The second-order valence-corrected chi connectivity index (χ2v) is 5.93. The van der Waals surface area contributed by atoms with Crippen molar-refractivity contribution in [3.05, 3.63) is 29.2 Å². The minimum absolute atomic E-state index is 0.0988. The molecule has 5 nitrogen and oxygen atoms in total. The molecule has 0 radical (unpaired) electrons. The number of sulfonamides is 1. The smallest absolute Gasteiger partial charge is 0.247 e. The summed E-state index contributed by atoms with van der Waals surface area (Å²) >= 11 is 3.09. The Morgan fingerprint density at radius 1 is 1.65 bits per heavy atom. The molecule has 0 aliphatic heterocycles. The molecule has 0 aliphatic carbocycles. The van der Waals surface area contributed by atoms with Gasteiger partial charge in [0.15, 0.2) is 4.67 Å². The molecule has 0 spiro atoms. The van der Waals surface area contributed by atoms with Crippen molar-refractivity contribution in [1.29, 1.82) is 0 Å². The zero-order valence-corrected chi connectivity index (χ0v) is 11.9. The maximum Gasteiger partial charge on any atom is 0.247 e.